The highest BCUT2D eigenvalue weighted by atomic mass is 16.6. The Morgan fingerprint density at radius 1 is 1.31 bits per heavy atom. The molecule has 0 saturated carbocycles. The number of nitrogens with zero attached hydrogens (tertiary/aromatic N) is 3. The Morgan fingerprint density at radius 3 is 2.84 bits per heavy atom. The third-order valence-electron chi connectivity index (χ3n) is 7.37. The molecule has 32 heavy (non-hydrogen) atoms. The summed E-state index contributed by atoms with van der Waals surface area (Å²) < 4.78 is 12.1. The molecule has 4 aliphatic rings. The third kappa shape index (κ3) is 3.02. The molecule has 1 saturated heterocycles. The third-order valence-corrected chi connectivity index (χ3v) is 7.37. The molecule has 172 valence electrons. The minimum Gasteiger partial charge on any atom is -0.482 e. The molecule has 0 aromatic heterocycles. The molecule has 5 rings (SSSR count). The van der Waals surface area contributed by atoms with E-state index in [2.05, 4.69) is 23.4 Å². The zero-order valence-corrected chi connectivity index (χ0v) is 18.9. The van der Waals surface area contributed by atoms with Crippen molar-refractivity contribution >= 4 is 12.0 Å². The monoisotopic (exact) mass is 442 g/mol. The van der Waals surface area contributed by atoms with E-state index in [1.807, 2.05) is 12.1 Å². The summed E-state index contributed by atoms with van der Waals surface area (Å²) in [5.41, 5.74) is 4.56. The van der Waals surface area contributed by atoms with Crippen LogP contribution in [0.3, 0.4) is 0 Å². The SMILES string of the molecule is CN(C)NC(=O)CN(C)C(=O)Oc1ccc2c3c1O[C@H]1[C@@H](O)C=CC4C(C2)N(C)CC[C@@]341. The van der Waals surface area contributed by atoms with E-state index in [4.69, 9.17) is 9.47 Å². The van der Waals surface area contributed by atoms with Crippen LogP contribution < -0.4 is 14.9 Å². The van der Waals surface area contributed by atoms with Gasteiger partial charge in [-0.15, -0.1) is 0 Å². The number of benzene rings is 1. The quantitative estimate of drug-likeness (QED) is 0.519. The molecule has 9 heteroatoms. The fourth-order valence-corrected chi connectivity index (χ4v) is 6.05. The van der Waals surface area contributed by atoms with E-state index in [1.165, 1.54) is 22.5 Å². The lowest BCUT2D eigenvalue weighted by Gasteiger charge is -2.56. The first-order valence-corrected chi connectivity index (χ1v) is 11.0. The summed E-state index contributed by atoms with van der Waals surface area (Å²) in [7, 11) is 7.07. The van der Waals surface area contributed by atoms with Gasteiger partial charge in [-0.25, -0.2) is 9.80 Å². The second-order valence-corrected chi connectivity index (χ2v) is 9.56. The van der Waals surface area contributed by atoms with Crippen molar-refractivity contribution in [2.75, 3.05) is 41.3 Å². The number of ether oxygens (including phenoxy) is 2. The number of hydrogen-bond acceptors (Lipinski definition) is 7. The molecule has 9 nitrogen and oxygen atoms in total. The molecule has 2 amide bonds. The first-order chi connectivity index (χ1) is 15.2. The average Bonchev–Trinajstić information content (AvgIpc) is 3.08. The van der Waals surface area contributed by atoms with Gasteiger partial charge in [-0.2, -0.15) is 0 Å². The lowest BCUT2D eigenvalue weighted by Crippen LogP contribution is -2.64. The highest BCUT2D eigenvalue weighted by Crippen LogP contribution is 2.62. The molecular weight excluding hydrogens is 412 g/mol. The summed E-state index contributed by atoms with van der Waals surface area (Å²) in [5.74, 6) is 0.815. The van der Waals surface area contributed by atoms with E-state index < -0.39 is 18.3 Å². The first kappa shape index (κ1) is 21.2. The van der Waals surface area contributed by atoms with Crippen molar-refractivity contribution in [1.82, 2.24) is 20.2 Å². The van der Waals surface area contributed by atoms with Crippen molar-refractivity contribution < 1.29 is 24.2 Å². The number of carbonyl (C=O) groups excluding carboxylic acids is 2. The lowest BCUT2D eigenvalue weighted by atomic mass is 9.53. The fourth-order valence-electron chi connectivity index (χ4n) is 6.05. The Kier molecular flexibility index (Phi) is 4.96. The summed E-state index contributed by atoms with van der Waals surface area (Å²) >= 11 is 0. The van der Waals surface area contributed by atoms with Crippen LogP contribution in [0.1, 0.15) is 17.5 Å². The van der Waals surface area contributed by atoms with Gasteiger partial charge in [0.15, 0.2) is 11.5 Å². The Labute approximate surface area is 187 Å². The molecule has 2 heterocycles. The van der Waals surface area contributed by atoms with E-state index in [0.29, 0.717) is 17.5 Å². The molecule has 2 unspecified atom stereocenters. The van der Waals surface area contributed by atoms with Gasteiger partial charge in [-0.1, -0.05) is 18.2 Å². The van der Waals surface area contributed by atoms with E-state index in [9.17, 15) is 14.7 Å². The number of carbonyl (C=O) groups is 2. The van der Waals surface area contributed by atoms with Crippen LogP contribution in [-0.4, -0.2) is 91.4 Å². The maximum Gasteiger partial charge on any atom is 0.415 e. The minimum absolute atomic E-state index is 0.135. The lowest BCUT2D eigenvalue weighted by molar-refractivity contribution is -0.125. The topological polar surface area (TPSA) is 94.6 Å². The second kappa shape index (κ2) is 7.47. The molecular formula is C23H30N4O5. The number of piperidine rings is 1. The Morgan fingerprint density at radius 2 is 2.09 bits per heavy atom. The number of nitrogens with one attached hydrogen (secondary N) is 1. The number of likely N-dealkylation sites (tertiary alicyclic amines) is 1. The van der Waals surface area contributed by atoms with Gasteiger partial charge in [0, 0.05) is 44.1 Å². The maximum atomic E-state index is 12.7. The Balaban J connectivity index is 1.46. The zero-order valence-electron chi connectivity index (χ0n) is 18.9. The van der Waals surface area contributed by atoms with Crippen molar-refractivity contribution in [3.05, 3.63) is 35.4 Å². The zero-order chi connectivity index (χ0) is 22.8. The number of hydrazine groups is 1. The number of hydrogen-bond donors (Lipinski definition) is 2. The maximum absolute atomic E-state index is 12.7. The van der Waals surface area contributed by atoms with Crippen LogP contribution in [-0.2, 0) is 16.6 Å². The van der Waals surface area contributed by atoms with Gasteiger partial charge in [0.1, 0.15) is 18.8 Å². The normalized spacial score (nSPS) is 31.7. The van der Waals surface area contributed by atoms with Crippen LogP contribution in [0.2, 0.25) is 0 Å². The van der Waals surface area contributed by atoms with Gasteiger partial charge in [-0.3, -0.25) is 10.2 Å². The van der Waals surface area contributed by atoms with E-state index in [0.717, 1.165) is 24.9 Å². The van der Waals surface area contributed by atoms with Crippen molar-refractivity contribution in [2.45, 2.75) is 36.5 Å². The van der Waals surface area contributed by atoms with Crippen LogP contribution >= 0.6 is 0 Å². The van der Waals surface area contributed by atoms with Crippen LogP contribution in [0.25, 0.3) is 0 Å². The number of amides is 2. The number of likely N-dealkylation sites (N-methyl/N-ethyl adjacent to an activating group) is 2. The second-order valence-electron chi connectivity index (χ2n) is 9.56. The largest absolute Gasteiger partial charge is 0.482 e. The highest BCUT2D eigenvalue weighted by Gasteiger charge is 2.64. The summed E-state index contributed by atoms with van der Waals surface area (Å²) in [6.07, 6.45) is 4.01. The molecule has 2 N–H and O–H groups in total. The Bertz CT molecular complexity index is 995. The highest BCUT2D eigenvalue weighted by molar-refractivity contribution is 5.82. The van der Waals surface area contributed by atoms with Gasteiger partial charge < -0.3 is 24.4 Å². The summed E-state index contributed by atoms with van der Waals surface area (Å²) in [6, 6.07) is 4.14. The predicted molar refractivity (Wildman–Crippen MR) is 116 cm³/mol. The van der Waals surface area contributed by atoms with Crippen LogP contribution in [0.5, 0.6) is 11.5 Å². The first-order valence-electron chi connectivity index (χ1n) is 11.0. The van der Waals surface area contributed by atoms with Gasteiger partial charge in [0.2, 0.25) is 0 Å². The number of aliphatic hydroxyl groups excluding tert-OH is 1. The molecule has 0 radical (unpaired) electrons. The summed E-state index contributed by atoms with van der Waals surface area (Å²) in [4.78, 5) is 28.3. The van der Waals surface area contributed by atoms with Crippen LogP contribution in [0.15, 0.2) is 24.3 Å². The van der Waals surface area contributed by atoms with Crippen molar-refractivity contribution in [1.29, 1.82) is 0 Å². The molecule has 2 bridgehead atoms. The molecule has 1 aromatic carbocycles. The van der Waals surface area contributed by atoms with Crippen LogP contribution in [0.4, 0.5) is 4.79 Å². The standard InChI is InChI=1S/C23H30N4O5/c1-25(2)24-18(29)12-27(4)22(30)31-17-8-5-13-11-15-14-6-7-16(28)21-23(14,9-10-26(15)3)19(13)20(17)32-21/h5-8,14-16,21,28H,9-12H2,1-4H3,(H,24,29)/t14?,15?,16-,21-,23-/m0/s1. The van der Waals surface area contributed by atoms with Gasteiger partial charge >= 0.3 is 6.09 Å². The number of rotatable bonds is 4. The molecule has 1 aromatic rings. The van der Waals surface area contributed by atoms with Crippen molar-refractivity contribution in [2.24, 2.45) is 5.92 Å². The van der Waals surface area contributed by atoms with Crippen LogP contribution in [0, 0.1) is 5.92 Å². The van der Waals surface area contributed by atoms with Gasteiger partial charge in [0.25, 0.3) is 5.91 Å². The van der Waals surface area contributed by atoms with E-state index in [-0.39, 0.29) is 23.8 Å². The number of aliphatic hydroxyl groups is 1. The molecule has 2 aliphatic heterocycles. The minimum atomic E-state index is -0.713. The smallest absolute Gasteiger partial charge is 0.415 e. The fraction of sp³-hybridized carbons (Fsp3) is 0.565. The average molecular weight is 443 g/mol. The predicted octanol–water partition coefficient (Wildman–Crippen LogP) is 0.516. The molecule has 5 atom stereocenters. The summed E-state index contributed by atoms with van der Waals surface area (Å²) in [5, 5.41) is 12.3. The van der Waals surface area contributed by atoms with E-state index >= 15 is 0 Å². The molecule has 1 fully saturated rings. The van der Waals surface area contributed by atoms with Crippen molar-refractivity contribution in [3.8, 4) is 11.5 Å². The summed E-state index contributed by atoms with van der Waals surface area (Å²) in [6.45, 7) is 0.789. The van der Waals surface area contributed by atoms with E-state index in [1.54, 1.807) is 20.2 Å². The van der Waals surface area contributed by atoms with Gasteiger partial charge in [-0.05, 0) is 38.1 Å². The van der Waals surface area contributed by atoms with Crippen molar-refractivity contribution in [3.63, 3.8) is 0 Å². The molecule has 1 spiro atoms. The van der Waals surface area contributed by atoms with Gasteiger partial charge in [0.05, 0.1) is 0 Å². The molecule has 2 aliphatic carbocycles. The Hall–Kier alpha value is -2.62.